The topological polar surface area (TPSA) is 35.8 Å². The molecule has 1 atom stereocenters. The van der Waals surface area contributed by atoms with E-state index in [9.17, 15) is 30.7 Å². The molecule has 1 heterocycles. The van der Waals surface area contributed by atoms with Crippen molar-refractivity contribution in [1.82, 2.24) is 5.32 Å². The van der Waals surface area contributed by atoms with Crippen molar-refractivity contribution in [2.75, 3.05) is 0 Å². The zero-order valence-electron chi connectivity index (χ0n) is 13.6. The van der Waals surface area contributed by atoms with Crippen LogP contribution in [0.5, 0.6) is 0 Å². The zero-order chi connectivity index (χ0) is 20.7. The molecule has 0 saturated carbocycles. The second kappa shape index (κ2) is 6.86. The molecule has 0 fully saturated rings. The Labute approximate surface area is 158 Å². The number of hydrogen-bond acceptors (Lipinski definition) is 2. The van der Waals surface area contributed by atoms with E-state index in [4.69, 9.17) is 5.26 Å². The standard InChI is InChI=1S/C17H11BrF7N2/c1-14(6-10-4-2-3-5-11(10)9-26)7-12(27-13(18)8-14)15(19,16(20,21)22)17(23,24)25/h2-5,7,27H,6H2,1H3. The Morgan fingerprint density at radius 2 is 1.67 bits per heavy atom. The van der Waals surface area contributed by atoms with Gasteiger partial charge in [-0.3, -0.25) is 0 Å². The van der Waals surface area contributed by atoms with Gasteiger partial charge in [0.2, 0.25) is 0 Å². The molecule has 1 aliphatic rings. The lowest BCUT2D eigenvalue weighted by Crippen LogP contribution is -2.58. The molecule has 2 nitrogen and oxygen atoms in total. The minimum absolute atomic E-state index is 0.164. The number of halogens is 8. The Kier molecular flexibility index (Phi) is 5.40. The lowest BCUT2D eigenvalue weighted by Gasteiger charge is -2.37. The van der Waals surface area contributed by atoms with Gasteiger partial charge in [0.25, 0.3) is 0 Å². The van der Waals surface area contributed by atoms with Gasteiger partial charge in [0.05, 0.1) is 21.9 Å². The number of hydrogen-bond donors (Lipinski definition) is 1. The van der Waals surface area contributed by atoms with Crippen molar-refractivity contribution in [3.8, 4) is 6.07 Å². The number of alkyl halides is 7. The second-order valence-corrected chi connectivity index (χ2v) is 6.93. The maximum absolute atomic E-state index is 14.4. The lowest BCUT2D eigenvalue weighted by atomic mass is 9.78. The van der Waals surface area contributed by atoms with E-state index < -0.39 is 29.1 Å². The maximum Gasteiger partial charge on any atom is 0.437 e. The van der Waals surface area contributed by atoms with Crippen LogP contribution in [0.1, 0.15) is 18.1 Å². The number of dihydropyridines is 1. The first kappa shape index (κ1) is 21.3. The Morgan fingerprint density at radius 3 is 2.19 bits per heavy atom. The minimum Gasteiger partial charge on any atom is -0.350 e. The van der Waals surface area contributed by atoms with E-state index in [0.29, 0.717) is 11.6 Å². The summed E-state index contributed by atoms with van der Waals surface area (Å²) < 4.78 is 92.3. The van der Waals surface area contributed by atoms with Gasteiger partial charge in [-0.1, -0.05) is 31.2 Å². The van der Waals surface area contributed by atoms with Crippen LogP contribution in [0.3, 0.4) is 0 Å². The molecule has 1 aliphatic heterocycles. The molecule has 0 saturated heterocycles. The van der Waals surface area contributed by atoms with Crippen LogP contribution in [0.25, 0.3) is 0 Å². The summed E-state index contributed by atoms with van der Waals surface area (Å²) in [5.41, 5.74) is -8.26. The highest BCUT2D eigenvalue weighted by molar-refractivity contribution is 9.11. The third-order valence-electron chi connectivity index (χ3n) is 3.95. The first-order valence-corrected chi connectivity index (χ1v) is 8.14. The molecule has 0 aromatic heterocycles. The summed E-state index contributed by atoms with van der Waals surface area (Å²) >= 11 is 2.77. The number of nitriles is 1. The van der Waals surface area contributed by atoms with Crippen LogP contribution in [-0.4, -0.2) is 18.0 Å². The molecule has 27 heavy (non-hydrogen) atoms. The fourth-order valence-electron chi connectivity index (χ4n) is 2.72. The summed E-state index contributed by atoms with van der Waals surface area (Å²) in [6, 6.07) is 7.97. The van der Waals surface area contributed by atoms with Gasteiger partial charge >= 0.3 is 18.0 Å². The Bertz CT molecular complexity index is 819. The van der Waals surface area contributed by atoms with Crippen molar-refractivity contribution in [3.63, 3.8) is 0 Å². The molecular formula is C17H11BrF7N2. The highest BCUT2D eigenvalue weighted by Crippen LogP contribution is 2.52. The lowest BCUT2D eigenvalue weighted by molar-refractivity contribution is -0.327. The van der Waals surface area contributed by atoms with Gasteiger partial charge in [-0.2, -0.15) is 31.6 Å². The van der Waals surface area contributed by atoms with Gasteiger partial charge in [-0.25, -0.2) is 4.39 Å². The highest BCUT2D eigenvalue weighted by Gasteiger charge is 2.75. The van der Waals surface area contributed by atoms with E-state index in [0.717, 1.165) is 0 Å². The molecule has 0 amide bonds. The molecule has 145 valence electrons. The van der Waals surface area contributed by atoms with Gasteiger partial charge in [0.1, 0.15) is 0 Å². The molecule has 1 radical (unpaired) electrons. The number of rotatable bonds is 3. The van der Waals surface area contributed by atoms with Crippen LogP contribution in [0.15, 0.2) is 40.6 Å². The Balaban J connectivity index is 2.57. The molecule has 0 spiro atoms. The van der Waals surface area contributed by atoms with E-state index in [1.807, 2.05) is 6.07 Å². The van der Waals surface area contributed by atoms with Crippen molar-refractivity contribution >= 4 is 15.9 Å². The van der Waals surface area contributed by atoms with Crippen LogP contribution in [0.2, 0.25) is 0 Å². The predicted octanol–water partition coefficient (Wildman–Crippen LogP) is 5.47. The van der Waals surface area contributed by atoms with Gasteiger partial charge < -0.3 is 5.32 Å². The molecular weight excluding hydrogens is 445 g/mol. The largest absolute Gasteiger partial charge is 0.437 e. The van der Waals surface area contributed by atoms with E-state index >= 15 is 0 Å². The molecule has 1 N–H and O–H groups in total. The summed E-state index contributed by atoms with van der Waals surface area (Å²) in [7, 11) is 0. The van der Waals surface area contributed by atoms with Crippen molar-refractivity contribution in [1.29, 1.82) is 5.26 Å². The van der Waals surface area contributed by atoms with E-state index in [2.05, 4.69) is 22.0 Å². The molecule has 2 rings (SSSR count). The summed E-state index contributed by atoms with van der Waals surface area (Å²) in [6.45, 7) is 1.29. The Hall–Kier alpha value is -2.02. The number of nitrogens with zero attached hydrogens (tertiary/aromatic N) is 1. The molecule has 1 unspecified atom stereocenters. The average molecular weight is 456 g/mol. The zero-order valence-corrected chi connectivity index (χ0v) is 15.2. The average Bonchev–Trinajstić information content (AvgIpc) is 2.51. The van der Waals surface area contributed by atoms with Crippen molar-refractivity contribution in [2.45, 2.75) is 31.4 Å². The van der Waals surface area contributed by atoms with Crippen LogP contribution in [0.4, 0.5) is 30.7 Å². The number of benzene rings is 1. The van der Waals surface area contributed by atoms with Gasteiger partial charge in [-0.15, -0.1) is 0 Å². The van der Waals surface area contributed by atoms with Crippen LogP contribution in [0, 0.1) is 22.8 Å². The predicted molar refractivity (Wildman–Crippen MR) is 85.8 cm³/mol. The molecule has 10 heteroatoms. The molecule has 0 aliphatic carbocycles. The fraction of sp³-hybridized carbons (Fsp3) is 0.353. The SMILES string of the molecule is CC1(Cc2ccccc2C#N)[C]=C(Br)NC(C(F)(C(F)(F)F)C(F)(F)F)=C1. The monoisotopic (exact) mass is 455 g/mol. The van der Waals surface area contributed by atoms with Crippen LogP contribution < -0.4 is 5.32 Å². The molecule has 1 aromatic rings. The molecule has 1 aromatic carbocycles. The Morgan fingerprint density at radius 1 is 1.11 bits per heavy atom. The first-order valence-electron chi connectivity index (χ1n) is 7.35. The summed E-state index contributed by atoms with van der Waals surface area (Å²) in [5.74, 6) is 0. The van der Waals surface area contributed by atoms with E-state index in [1.54, 1.807) is 17.4 Å². The second-order valence-electron chi connectivity index (χ2n) is 6.14. The van der Waals surface area contributed by atoms with Gasteiger partial charge in [-0.05, 0) is 40.1 Å². The van der Waals surface area contributed by atoms with Crippen LogP contribution in [-0.2, 0) is 6.42 Å². The molecule has 0 bridgehead atoms. The van der Waals surface area contributed by atoms with Crippen molar-refractivity contribution in [3.05, 3.63) is 57.8 Å². The summed E-state index contributed by atoms with van der Waals surface area (Å²) in [6.07, 6.45) is -9.50. The van der Waals surface area contributed by atoms with E-state index in [1.165, 1.54) is 19.1 Å². The van der Waals surface area contributed by atoms with Crippen LogP contribution >= 0.6 is 15.9 Å². The fourth-order valence-corrected chi connectivity index (χ4v) is 3.38. The normalized spacial score (nSPS) is 21.0. The number of allylic oxidation sites excluding steroid dienone is 3. The third kappa shape index (κ3) is 3.98. The van der Waals surface area contributed by atoms with Crippen molar-refractivity contribution in [2.24, 2.45) is 5.41 Å². The summed E-state index contributed by atoms with van der Waals surface area (Å²) in [4.78, 5) is 0. The van der Waals surface area contributed by atoms with Gasteiger partial charge in [0, 0.05) is 5.41 Å². The van der Waals surface area contributed by atoms with Crippen molar-refractivity contribution < 1.29 is 30.7 Å². The number of nitrogens with one attached hydrogen (secondary N) is 1. The highest BCUT2D eigenvalue weighted by atomic mass is 79.9. The smallest absolute Gasteiger partial charge is 0.350 e. The van der Waals surface area contributed by atoms with Gasteiger partial charge in [0.15, 0.2) is 0 Å². The van der Waals surface area contributed by atoms with E-state index in [-0.39, 0.29) is 16.6 Å². The maximum atomic E-state index is 14.4. The third-order valence-corrected chi connectivity index (χ3v) is 4.35. The quantitative estimate of drug-likeness (QED) is 0.484. The first-order chi connectivity index (χ1) is 12.2. The summed E-state index contributed by atoms with van der Waals surface area (Å²) in [5, 5.41) is 10.9. The minimum atomic E-state index is -6.24.